The maximum atomic E-state index is 13.3. The molecule has 1 aromatic carbocycles. The van der Waals surface area contributed by atoms with Crippen LogP contribution in [0.4, 0.5) is 17.6 Å². The number of carbonyl (C=O) groups excluding carboxylic acids is 1. The molecule has 8 heteroatoms. The lowest BCUT2D eigenvalue weighted by Crippen LogP contribution is -2.10. The van der Waals surface area contributed by atoms with E-state index in [0.717, 1.165) is 0 Å². The summed E-state index contributed by atoms with van der Waals surface area (Å²) >= 11 is 0. The van der Waals surface area contributed by atoms with Crippen LogP contribution in [0.2, 0.25) is 0 Å². The van der Waals surface area contributed by atoms with Crippen LogP contribution in [0.1, 0.15) is 21.5 Å². The molecule has 0 fully saturated rings. The van der Waals surface area contributed by atoms with Crippen LogP contribution in [-0.2, 0) is 0 Å². The number of halogens is 5. The van der Waals surface area contributed by atoms with Gasteiger partial charge in [-0.15, -0.1) is 12.4 Å². The second kappa shape index (κ2) is 6.91. The van der Waals surface area contributed by atoms with Gasteiger partial charge in [0.1, 0.15) is 5.56 Å². The molecule has 114 valence electrons. The Morgan fingerprint density at radius 3 is 1.91 bits per heavy atom. The van der Waals surface area contributed by atoms with Gasteiger partial charge in [0.15, 0.2) is 11.6 Å². The molecular weight excluding hydrogens is 324 g/mol. The van der Waals surface area contributed by atoms with E-state index in [2.05, 4.69) is 10.9 Å². The Morgan fingerprint density at radius 1 is 0.955 bits per heavy atom. The summed E-state index contributed by atoms with van der Waals surface area (Å²) in [5, 5.41) is 0. The van der Waals surface area contributed by atoms with Gasteiger partial charge in [-0.1, -0.05) is 11.8 Å². The van der Waals surface area contributed by atoms with E-state index in [-0.39, 0.29) is 23.5 Å². The van der Waals surface area contributed by atoms with Crippen molar-refractivity contribution in [1.82, 2.24) is 4.98 Å². The maximum absolute atomic E-state index is 13.3. The van der Waals surface area contributed by atoms with Crippen LogP contribution >= 0.6 is 12.4 Å². The van der Waals surface area contributed by atoms with Crippen molar-refractivity contribution >= 4 is 18.3 Å². The van der Waals surface area contributed by atoms with Crippen LogP contribution in [0, 0.1) is 35.4 Å². The molecule has 0 aliphatic rings. The molecular formula is C14H7ClF4N2O. The van der Waals surface area contributed by atoms with E-state index in [9.17, 15) is 22.4 Å². The van der Waals surface area contributed by atoms with Gasteiger partial charge in [0.25, 0.3) is 11.9 Å². The first kappa shape index (κ1) is 17.5. The summed E-state index contributed by atoms with van der Waals surface area (Å²) in [5.74, 6) is -3.23. The summed E-state index contributed by atoms with van der Waals surface area (Å²) in [5.41, 5.74) is 4.48. The van der Waals surface area contributed by atoms with Crippen LogP contribution in [0.25, 0.3) is 0 Å². The number of hydrogen-bond donors (Lipinski definition) is 1. The zero-order valence-electron chi connectivity index (χ0n) is 10.7. The number of amides is 1. The number of primary amides is 1. The van der Waals surface area contributed by atoms with Gasteiger partial charge in [-0.3, -0.25) is 4.79 Å². The second-order valence-corrected chi connectivity index (χ2v) is 3.89. The SMILES string of the molecule is Cl.NC(=O)c1ccc(C#Cc2c(F)c(F)nc(F)c2F)cc1. The summed E-state index contributed by atoms with van der Waals surface area (Å²) < 4.78 is 52.4. The summed E-state index contributed by atoms with van der Waals surface area (Å²) in [4.78, 5) is 13.3. The third-order valence-electron chi connectivity index (χ3n) is 2.50. The first-order valence-electron chi connectivity index (χ1n) is 5.52. The molecule has 2 rings (SSSR count). The summed E-state index contributed by atoms with van der Waals surface area (Å²) in [7, 11) is 0. The molecule has 0 unspecified atom stereocenters. The van der Waals surface area contributed by atoms with Crippen molar-refractivity contribution in [2.45, 2.75) is 0 Å². The molecule has 1 amide bonds. The van der Waals surface area contributed by atoms with Crippen molar-refractivity contribution in [1.29, 1.82) is 0 Å². The average molecular weight is 331 g/mol. The van der Waals surface area contributed by atoms with E-state index in [1.54, 1.807) is 0 Å². The molecule has 0 atom stereocenters. The van der Waals surface area contributed by atoms with Crippen LogP contribution in [0.5, 0.6) is 0 Å². The number of nitrogens with two attached hydrogens (primary N) is 1. The molecule has 2 aromatic rings. The third-order valence-corrected chi connectivity index (χ3v) is 2.50. The number of aromatic nitrogens is 1. The van der Waals surface area contributed by atoms with Gasteiger partial charge in [-0.05, 0) is 24.3 Å². The number of nitrogens with zero attached hydrogens (tertiary/aromatic N) is 1. The van der Waals surface area contributed by atoms with E-state index in [1.165, 1.54) is 24.3 Å². The maximum Gasteiger partial charge on any atom is 0.253 e. The fourth-order valence-electron chi connectivity index (χ4n) is 1.45. The molecule has 0 aliphatic heterocycles. The van der Waals surface area contributed by atoms with Gasteiger partial charge < -0.3 is 5.73 Å². The Bertz CT molecular complexity index is 756. The molecule has 3 nitrogen and oxygen atoms in total. The highest BCUT2D eigenvalue weighted by molar-refractivity contribution is 5.92. The quantitative estimate of drug-likeness (QED) is 0.496. The van der Waals surface area contributed by atoms with E-state index in [4.69, 9.17) is 5.73 Å². The third kappa shape index (κ3) is 3.54. The van der Waals surface area contributed by atoms with Crippen LogP contribution in [-0.4, -0.2) is 10.9 Å². The lowest BCUT2D eigenvalue weighted by atomic mass is 10.1. The lowest BCUT2D eigenvalue weighted by Gasteiger charge is -1.99. The normalized spacial score (nSPS) is 9.45. The Morgan fingerprint density at radius 2 is 1.45 bits per heavy atom. The number of hydrogen-bond acceptors (Lipinski definition) is 2. The van der Waals surface area contributed by atoms with Crippen molar-refractivity contribution in [3.63, 3.8) is 0 Å². The van der Waals surface area contributed by atoms with Gasteiger partial charge >= 0.3 is 0 Å². The van der Waals surface area contributed by atoms with Crippen molar-refractivity contribution < 1.29 is 22.4 Å². The van der Waals surface area contributed by atoms with Crippen LogP contribution in [0.15, 0.2) is 24.3 Å². The standard InChI is InChI=1S/C14H6F4N2O.ClH/c15-10-9(11(16)13(18)20-12(10)17)6-3-7-1-4-8(5-2-7)14(19)21;/h1-2,4-5H,(H2,19,21);1H. The molecule has 1 heterocycles. The minimum Gasteiger partial charge on any atom is -0.366 e. The van der Waals surface area contributed by atoms with Gasteiger partial charge in [0.2, 0.25) is 5.91 Å². The highest BCUT2D eigenvalue weighted by Gasteiger charge is 2.19. The first-order chi connectivity index (χ1) is 9.90. The molecule has 22 heavy (non-hydrogen) atoms. The number of rotatable bonds is 1. The number of carbonyl (C=O) groups is 1. The molecule has 2 N–H and O–H groups in total. The van der Waals surface area contributed by atoms with Crippen molar-refractivity contribution in [2.75, 3.05) is 0 Å². The molecule has 0 aliphatic carbocycles. The fraction of sp³-hybridized carbons (Fsp3) is 0. The molecule has 0 bridgehead atoms. The Labute approximate surface area is 128 Å². The zero-order chi connectivity index (χ0) is 15.6. The lowest BCUT2D eigenvalue weighted by molar-refractivity contribution is 0.100. The van der Waals surface area contributed by atoms with E-state index < -0.39 is 35.0 Å². The van der Waals surface area contributed by atoms with E-state index >= 15 is 0 Å². The second-order valence-electron chi connectivity index (χ2n) is 3.89. The smallest absolute Gasteiger partial charge is 0.253 e. The largest absolute Gasteiger partial charge is 0.366 e. The van der Waals surface area contributed by atoms with E-state index in [1.807, 2.05) is 5.92 Å². The first-order valence-corrected chi connectivity index (χ1v) is 5.52. The molecule has 0 saturated heterocycles. The minimum absolute atomic E-state index is 0. The summed E-state index contributed by atoms with van der Waals surface area (Å²) in [6.45, 7) is 0. The number of pyridine rings is 1. The highest BCUT2D eigenvalue weighted by atomic mass is 35.5. The number of benzene rings is 1. The average Bonchev–Trinajstić information content (AvgIpc) is 2.45. The van der Waals surface area contributed by atoms with Crippen molar-refractivity contribution in [2.24, 2.45) is 5.73 Å². The Hall–Kier alpha value is -2.59. The fourth-order valence-corrected chi connectivity index (χ4v) is 1.45. The zero-order valence-corrected chi connectivity index (χ0v) is 11.5. The predicted molar refractivity (Wildman–Crippen MR) is 72.3 cm³/mol. The Kier molecular flexibility index (Phi) is 5.49. The van der Waals surface area contributed by atoms with Crippen molar-refractivity contribution in [3.8, 4) is 11.8 Å². The molecule has 1 aromatic heterocycles. The topological polar surface area (TPSA) is 56.0 Å². The van der Waals surface area contributed by atoms with Gasteiger partial charge in [0, 0.05) is 11.1 Å². The molecule has 0 radical (unpaired) electrons. The van der Waals surface area contributed by atoms with Gasteiger partial charge in [-0.2, -0.15) is 13.8 Å². The van der Waals surface area contributed by atoms with E-state index in [0.29, 0.717) is 0 Å². The molecule has 0 saturated carbocycles. The monoisotopic (exact) mass is 330 g/mol. The minimum atomic E-state index is -1.78. The predicted octanol–water partition coefficient (Wildman–Crippen LogP) is 2.56. The van der Waals surface area contributed by atoms with Crippen LogP contribution < -0.4 is 5.73 Å². The van der Waals surface area contributed by atoms with Gasteiger partial charge in [-0.25, -0.2) is 8.78 Å². The van der Waals surface area contributed by atoms with Crippen molar-refractivity contribution in [3.05, 3.63) is 64.5 Å². The summed E-state index contributed by atoms with van der Waals surface area (Å²) in [6, 6.07) is 5.45. The summed E-state index contributed by atoms with van der Waals surface area (Å²) in [6.07, 6.45) is 0. The Balaban J connectivity index is 0.00000242. The highest BCUT2D eigenvalue weighted by Crippen LogP contribution is 2.15. The van der Waals surface area contributed by atoms with Gasteiger partial charge in [0.05, 0.1) is 0 Å². The van der Waals surface area contributed by atoms with Crippen LogP contribution in [0.3, 0.4) is 0 Å². The molecule has 0 spiro atoms.